The molecule has 0 aliphatic heterocycles. The van der Waals surface area contributed by atoms with Gasteiger partial charge in [-0.05, 0) is 43.3 Å². The van der Waals surface area contributed by atoms with E-state index in [9.17, 15) is 18.4 Å². The Balaban J connectivity index is 2.04. The summed E-state index contributed by atoms with van der Waals surface area (Å²) >= 11 is 5.83. The van der Waals surface area contributed by atoms with E-state index in [1.54, 1.807) is 38.2 Å². The van der Waals surface area contributed by atoms with Crippen molar-refractivity contribution >= 4 is 28.3 Å². The fourth-order valence-corrected chi connectivity index (χ4v) is 2.78. The first-order chi connectivity index (χ1) is 12.3. The van der Waals surface area contributed by atoms with Crippen molar-refractivity contribution in [2.75, 3.05) is 7.05 Å². The summed E-state index contributed by atoms with van der Waals surface area (Å²) in [5.74, 6) is -2.53. The highest BCUT2D eigenvalue weighted by molar-refractivity contribution is 6.30. The molecule has 0 saturated carbocycles. The number of halogens is 3. The SMILES string of the molecule is C[C@H](c1n[nH]c(=O)c2cc(F)c(F)cc12)N(C)C(=O)c1ccc(Cl)cc1. The minimum Gasteiger partial charge on any atom is -0.333 e. The summed E-state index contributed by atoms with van der Waals surface area (Å²) in [5.41, 5.74) is 0.0274. The lowest BCUT2D eigenvalue weighted by Gasteiger charge is -2.25. The first kappa shape index (κ1) is 18.0. The van der Waals surface area contributed by atoms with Crippen molar-refractivity contribution in [3.8, 4) is 0 Å². The van der Waals surface area contributed by atoms with Gasteiger partial charge in [-0.15, -0.1) is 0 Å². The Bertz CT molecular complexity index is 1050. The van der Waals surface area contributed by atoms with Gasteiger partial charge < -0.3 is 4.90 Å². The quantitative estimate of drug-likeness (QED) is 0.757. The Hall–Kier alpha value is -2.80. The average molecular weight is 378 g/mol. The second-order valence-corrected chi connectivity index (χ2v) is 6.29. The molecule has 0 saturated heterocycles. The zero-order chi connectivity index (χ0) is 19.0. The lowest BCUT2D eigenvalue weighted by Crippen LogP contribution is -2.31. The van der Waals surface area contributed by atoms with Gasteiger partial charge in [-0.25, -0.2) is 13.9 Å². The summed E-state index contributed by atoms with van der Waals surface area (Å²) in [4.78, 5) is 25.9. The van der Waals surface area contributed by atoms with Crippen LogP contribution in [0.5, 0.6) is 0 Å². The molecule has 1 N–H and O–H groups in total. The van der Waals surface area contributed by atoms with Gasteiger partial charge in [0.1, 0.15) is 0 Å². The number of nitrogens with one attached hydrogen (secondary N) is 1. The molecule has 0 aliphatic rings. The van der Waals surface area contributed by atoms with Gasteiger partial charge in [0, 0.05) is 23.0 Å². The first-order valence-electron chi connectivity index (χ1n) is 7.69. The normalized spacial score (nSPS) is 12.2. The summed E-state index contributed by atoms with van der Waals surface area (Å²) in [6, 6.07) is 7.49. The van der Waals surface area contributed by atoms with Gasteiger partial charge in [0.25, 0.3) is 11.5 Å². The molecule has 0 unspecified atom stereocenters. The van der Waals surface area contributed by atoms with Crippen LogP contribution in [0.15, 0.2) is 41.2 Å². The molecule has 0 radical (unpaired) electrons. The Morgan fingerprint density at radius 3 is 2.35 bits per heavy atom. The third kappa shape index (κ3) is 3.17. The smallest absolute Gasteiger partial charge is 0.272 e. The maximum Gasteiger partial charge on any atom is 0.272 e. The maximum absolute atomic E-state index is 13.7. The van der Waals surface area contributed by atoms with E-state index in [2.05, 4.69) is 10.2 Å². The molecule has 3 aromatic rings. The van der Waals surface area contributed by atoms with Crippen LogP contribution in [0.25, 0.3) is 10.8 Å². The second-order valence-electron chi connectivity index (χ2n) is 5.85. The Morgan fingerprint density at radius 2 is 1.73 bits per heavy atom. The van der Waals surface area contributed by atoms with Crippen molar-refractivity contribution in [2.45, 2.75) is 13.0 Å². The lowest BCUT2D eigenvalue weighted by molar-refractivity contribution is 0.0740. The van der Waals surface area contributed by atoms with E-state index in [1.165, 1.54) is 4.90 Å². The Morgan fingerprint density at radius 1 is 1.15 bits per heavy atom. The predicted molar refractivity (Wildman–Crippen MR) is 94.2 cm³/mol. The van der Waals surface area contributed by atoms with Gasteiger partial charge in [-0.3, -0.25) is 9.59 Å². The third-order valence-corrected chi connectivity index (χ3v) is 4.50. The molecule has 0 fully saturated rings. The highest BCUT2D eigenvalue weighted by Crippen LogP contribution is 2.26. The highest BCUT2D eigenvalue weighted by atomic mass is 35.5. The van der Waals surface area contributed by atoms with Crippen LogP contribution in [-0.4, -0.2) is 28.1 Å². The molecule has 5 nitrogen and oxygen atoms in total. The van der Waals surface area contributed by atoms with Crippen LogP contribution in [0.3, 0.4) is 0 Å². The minimum atomic E-state index is -1.13. The van der Waals surface area contributed by atoms with Crippen LogP contribution in [0, 0.1) is 11.6 Å². The van der Waals surface area contributed by atoms with E-state index < -0.39 is 23.2 Å². The van der Waals surface area contributed by atoms with E-state index in [0.717, 1.165) is 12.1 Å². The summed E-state index contributed by atoms with van der Waals surface area (Å²) in [6.45, 7) is 1.68. The number of fused-ring (bicyclic) bond motifs is 1. The fourth-order valence-electron chi connectivity index (χ4n) is 2.65. The van der Waals surface area contributed by atoms with Crippen LogP contribution >= 0.6 is 11.6 Å². The molecule has 1 heterocycles. The van der Waals surface area contributed by atoms with Gasteiger partial charge in [0.2, 0.25) is 0 Å². The third-order valence-electron chi connectivity index (χ3n) is 4.25. The largest absolute Gasteiger partial charge is 0.333 e. The van der Waals surface area contributed by atoms with E-state index in [1.807, 2.05) is 0 Å². The standard InChI is InChI=1S/C18H14ClF2N3O2/c1-9(24(2)18(26)10-3-5-11(19)6-4-10)16-12-7-14(20)15(21)8-13(12)17(25)23-22-16/h3-9H,1-2H3,(H,23,25)/t9-/m1/s1. The molecule has 3 rings (SSSR count). The summed E-state index contributed by atoms with van der Waals surface area (Å²) in [6.07, 6.45) is 0. The Kier molecular flexibility index (Phi) is 4.73. The predicted octanol–water partition coefficient (Wildman–Crippen LogP) is 3.69. The topological polar surface area (TPSA) is 66.1 Å². The number of hydrogen-bond acceptors (Lipinski definition) is 3. The minimum absolute atomic E-state index is 0.0342. The van der Waals surface area contributed by atoms with Crippen LogP contribution in [0.2, 0.25) is 5.02 Å². The van der Waals surface area contributed by atoms with E-state index >= 15 is 0 Å². The Labute approximate surface area is 152 Å². The number of aromatic amines is 1. The first-order valence-corrected chi connectivity index (χ1v) is 8.07. The van der Waals surface area contributed by atoms with Gasteiger partial charge >= 0.3 is 0 Å². The van der Waals surface area contributed by atoms with Gasteiger partial charge in [0.05, 0.1) is 17.1 Å². The molecule has 26 heavy (non-hydrogen) atoms. The van der Waals surface area contributed by atoms with Gasteiger partial charge in [-0.2, -0.15) is 5.10 Å². The van der Waals surface area contributed by atoms with Crippen molar-refractivity contribution in [2.24, 2.45) is 0 Å². The number of amides is 1. The number of aromatic nitrogens is 2. The second kappa shape index (κ2) is 6.84. The highest BCUT2D eigenvalue weighted by Gasteiger charge is 2.23. The zero-order valence-corrected chi connectivity index (χ0v) is 14.6. The number of H-pyrrole nitrogens is 1. The van der Waals surface area contributed by atoms with E-state index in [-0.39, 0.29) is 22.4 Å². The molecule has 1 aromatic heterocycles. The molecule has 8 heteroatoms. The van der Waals surface area contributed by atoms with Gasteiger partial charge in [-0.1, -0.05) is 11.6 Å². The molecule has 0 bridgehead atoms. The molecule has 0 aliphatic carbocycles. The maximum atomic E-state index is 13.7. The van der Waals surface area contributed by atoms with E-state index in [4.69, 9.17) is 11.6 Å². The molecule has 0 spiro atoms. The summed E-state index contributed by atoms with van der Waals surface area (Å²) < 4.78 is 27.2. The molecular formula is C18H14ClF2N3O2. The number of benzene rings is 2. The van der Waals surface area contributed by atoms with Crippen LogP contribution in [-0.2, 0) is 0 Å². The van der Waals surface area contributed by atoms with Crippen molar-refractivity contribution in [1.82, 2.24) is 15.1 Å². The van der Waals surface area contributed by atoms with Crippen LogP contribution < -0.4 is 5.56 Å². The molecule has 1 atom stereocenters. The van der Waals surface area contributed by atoms with Crippen molar-refractivity contribution in [1.29, 1.82) is 0 Å². The number of carbonyl (C=O) groups excluding carboxylic acids is 1. The van der Waals surface area contributed by atoms with E-state index in [0.29, 0.717) is 10.6 Å². The molecule has 134 valence electrons. The number of rotatable bonds is 3. The van der Waals surface area contributed by atoms with Crippen molar-refractivity contribution in [3.05, 3.63) is 74.7 Å². The van der Waals surface area contributed by atoms with Crippen LogP contribution in [0.1, 0.15) is 29.0 Å². The fraction of sp³-hybridized carbons (Fsp3) is 0.167. The lowest BCUT2D eigenvalue weighted by atomic mass is 10.0. The monoisotopic (exact) mass is 377 g/mol. The molecular weight excluding hydrogens is 364 g/mol. The number of nitrogens with zero attached hydrogens (tertiary/aromatic N) is 2. The van der Waals surface area contributed by atoms with Crippen LogP contribution in [0.4, 0.5) is 8.78 Å². The van der Waals surface area contributed by atoms with Crippen molar-refractivity contribution in [3.63, 3.8) is 0 Å². The van der Waals surface area contributed by atoms with Gasteiger partial charge in [0.15, 0.2) is 11.6 Å². The average Bonchev–Trinajstić information content (AvgIpc) is 2.62. The summed E-state index contributed by atoms with van der Waals surface area (Å²) in [5, 5.41) is 6.83. The number of carbonyl (C=O) groups is 1. The number of hydrogen-bond donors (Lipinski definition) is 1. The summed E-state index contributed by atoms with van der Waals surface area (Å²) in [7, 11) is 1.56. The molecule has 1 amide bonds. The van der Waals surface area contributed by atoms with Crippen molar-refractivity contribution < 1.29 is 13.6 Å². The molecule has 2 aromatic carbocycles. The zero-order valence-electron chi connectivity index (χ0n) is 13.9.